The first kappa shape index (κ1) is 20.7. The molecule has 0 saturated heterocycles. The standard InChI is InChI=1S/2C8H11.C2H6Cl2Si.Zr/c2*1-6-4-7(2)8(3)5-6;1-5(2,3)4;/h2*4,8H,1-3H3;1-2H3;. The van der Waals surface area contributed by atoms with Crippen molar-refractivity contribution in [3.8, 4) is 0 Å². The average molecular weight is 435 g/mol. The molecule has 0 N–H and O–H groups in total. The van der Waals surface area contributed by atoms with Gasteiger partial charge < -0.3 is 0 Å². The largest absolute Gasteiger partial charge is 0.245 e. The molecule has 0 aromatic heterocycles. The van der Waals surface area contributed by atoms with Crippen LogP contribution in [0.1, 0.15) is 41.5 Å². The fraction of sp³-hybridized carbons (Fsp3) is 0.556. The minimum Gasteiger partial charge on any atom is -0.146 e. The molecule has 0 fully saturated rings. The number of hydrogen-bond acceptors (Lipinski definition) is 0. The first-order valence-corrected chi connectivity index (χ1v) is 15.3. The fourth-order valence-corrected chi connectivity index (χ4v) is 7.01. The smallest absolute Gasteiger partial charge is 0.146 e. The molecule has 0 spiro atoms. The molecular formula is C18H28Cl2SiZr. The van der Waals surface area contributed by atoms with Gasteiger partial charge >= 0.3 is 118 Å². The normalized spacial score (nSPS) is 25.0. The van der Waals surface area contributed by atoms with Crippen molar-refractivity contribution in [3.05, 3.63) is 41.0 Å². The van der Waals surface area contributed by atoms with Gasteiger partial charge in [0.15, 0.2) is 0 Å². The Bertz CT molecular complexity index is 512. The molecule has 0 aromatic rings. The van der Waals surface area contributed by atoms with Gasteiger partial charge in [0.25, 0.3) is 0 Å². The van der Waals surface area contributed by atoms with Crippen LogP contribution in [0.5, 0.6) is 0 Å². The molecule has 2 aliphatic carbocycles. The predicted molar refractivity (Wildman–Crippen MR) is 100 cm³/mol. The van der Waals surface area contributed by atoms with Crippen molar-refractivity contribution in [2.75, 3.05) is 0 Å². The van der Waals surface area contributed by atoms with Crippen LogP contribution in [0.15, 0.2) is 41.0 Å². The zero-order valence-electron chi connectivity index (χ0n) is 15.1. The van der Waals surface area contributed by atoms with Crippen molar-refractivity contribution in [3.63, 3.8) is 0 Å². The summed E-state index contributed by atoms with van der Waals surface area (Å²) in [4.78, 5) is 0. The second-order valence-electron chi connectivity index (χ2n) is 6.87. The number of halogens is 2. The Balaban J connectivity index is 0.000000422. The molecule has 2 unspecified atom stereocenters. The molecule has 2 atom stereocenters. The molecule has 0 amide bonds. The van der Waals surface area contributed by atoms with Gasteiger partial charge in [-0.3, -0.25) is 0 Å². The monoisotopic (exact) mass is 432 g/mol. The molecule has 2 aliphatic rings. The Morgan fingerprint density at radius 1 is 0.818 bits per heavy atom. The van der Waals surface area contributed by atoms with Crippen LogP contribution in [0.25, 0.3) is 0 Å². The van der Waals surface area contributed by atoms with Gasteiger partial charge in [-0.1, -0.05) is 0 Å². The third kappa shape index (κ3) is 5.93. The van der Waals surface area contributed by atoms with Crippen LogP contribution in [0, 0.1) is 11.8 Å². The van der Waals surface area contributed by atoms with Crippen molar-refractivity contribution < 1.29 is 23.2 Å². The third-order valence-corrected chi connectivity index (χ3v) is 9.63. The van der Waals surface area contributed by atoms with Gasteiger partial charge in [-0.15, -0.1) is 22.2 Å². The molecule has 0 saturated carbocycles. The summed E-state index contributed by atoms with van der Waals surface area (Å²) in [6.07, 6.45) is 4.80. The maximum atomic E-state index is 5.43. The van der Waals surface area contributed by atoms with Crippen LogP contribution in [0.2, 0.25) is 13.1 Å². The third-order valence-electron chi connectivity index (χ3n) is 4.24. The molecule has 0 aliphatic heterocycles. The minimum atomic E-state index is -1.67. The quantitative estimate of drug-likeness (QED) is 0.325. The molecule has 0 aromatic carbocycles. The summed E-state index contributed by atoms with van der Waals surface area (Å²) in [5.41, 5.74) is 6.26. The first-order valence-electron chi connectivity index (χ1n) is 7.84. The van der Waals surface area contributed by atoms with Gasteiger partial charge in [-0.25, -0.2) is 0 Å². The SMILES string of the molecule is CC1=CC(C)=[C]([Zr][C]2=C(C)C=C(C)C2C)C1C.C[Si](C)(Cl)Cl. The van der Waals surface area contributed by atoms with E-state index in [4.69, 9.17) is 22.2 Å². The van der Waals surface area contributed by atoms with Crippen LogP contribution in [0.3, 0.4) is 0 Å². The Hall–Kier alpha value is 0.640. The average Bonchev–Trinajstić information content (AvgIpc) is 2.71. The number of allylic oxidation sites excluding steroid dienone is 8. The summed E-state index contributed by atoms with van der Waals surface area (Å²) < 4.78 is 3.60. The van der Waals surface area contributed by atoms with Gasteiger partial charge in [0.05, 0.1) is 0 Å². The van der Waals surface area contributed by atoms with Crippen LogP contribution in [-0.2, 0) is 23.2 Å². The van der Waals surface area contributed by atoms with Crippen molar-refractivity contribution in [1.29, 1.82) is 0 Å². The van der Waals surface area contributed by atoms with E-state index >= 15 is 0 Å². The molecule has 122 valence electrons. The van der Waals surface area contributed by atoms with Crippen LogP contribution in [-0.4, -0.2) is 6.69 Å². The summed E-state index contributed by atoms with van der Waals surface area (Å²) in [6, 6.07) is 0. The number of hydrogen-bond donors (Lipinski definition) is 0. The molecule has 0 nitrogen and oxygen atoms in total. The second kappa shape index (κ2) is 8.15. The van der Waals surface area contributed by atoms with E-state index in [2.05, 4.69) is 53.7 Å². The van der Waals surface area contributed by atoms with Crippen LogP contribution in [0.4, 0.5) is 0 Å². The van der Waals surface area contributed by atoms with Crippen LogP contribution >= 0.6 is 22.2 Å². The molecular weight excluding hydrogens is 406 g/mol. The predicted octanol–water partition coefficient (Wildman–Crippen LogP) is 6.97. The van der Waals surface area contributed by atoms with Crippen molar-refractivity contribution in [1.82, 2.24) is 0 Å². The van der Waals surface area contributed by atoms with E-state index in [9.17, 15) is 0 Å². The molecule has 0 heterocycles. The van der Waals surface area contributed by atoms with Crippen molar-refractivity contribution in [2.45, 2.75) is 54.6 Å². The molecule has 0 radical (unpaired) electrons. The molecule has 0 bridgehead atoms. The van der Waals surface area contributed by atoms with E-state index in [-0.39, 0.29) is 0 Å². The summed E-state index contributed by atoms with van der Waals surface area (Å²) in [6.45, 7) is 16.0. The van der Waals surface area contributed by atoms with E-state index in [0.717, 1.165) is 11.8 Å². The number of rotatable bonds is 2. The van der Waals surface area contributed by atoms with Gasteiger partial charge in [-0.2, -0.15) is 0 Å². The zero-order valence-corrected chi connectivity index (χ0v) is 20.0. The second-order valence-corrected chi connectivity index (χ2v) is 19.0. The summed E-state index contributed by atoms with van der Waals surface area (Å²) in [5.74, 6) is 1.44. The van der Waals surface area contributed by atoms with E-state index in [1.54, 1.807) is 28.9 Å². The molecule has 22 heavy (non-hydrogen) atoms. The van der Waals surface area contributed by atoms with Crippen molar-refractivity contribution in [2.24, 2.45) is 11.8 Å². The van der Waals surface area contributed by atoms with Crippen LogP contribution < -0.4 is 0 Å². The van der Waals surface area contributed by atoms with E-state index in [1.165, 1.54) is 0 Å². The van der Waals surface area contributed by atoms with E-state index in [1.807, 2.05) is 13.1 Å². The van der Waals surface area contributed by atoms with E-state index in [0.29, 0.717) is 0 Å². The van der Waals surface area contributed by atoms with E-state index < -0.39 is 29.9 Å². The zero-order chi connectivity index (χ0) is 17.2. The maximum absolute atomic E-state index is 5.43. The summed E-state index contributed by atoms with van der Waals surface area (Å²) in [5, 5.41) is 0. The maximum Gasteiger partial charge on any atom is 0.245 e. The Kier molecular flexibility index (Phi) is 7.66. The minimum absolute atomic E-state index is 0.548. The van der Waals surface area contributed by atoms with Gasteiger partial charge in [0.2, 0.25) is 6.69 Å². The summed E-state index contributed by atoms with van der Waals surface area (Å²) >= 11 is 10.3. The van der Waals surface area contributed by atoms with Gasteiger partial charge in [-0.05, 0) is 13.1 Å². The van der Waals surface area contributed by atoms with Crippen molar-refractivity contribution >= 4 is 28.9 Å². The topological polar surface area (TPSA) is 0 Å². The fourth-order valence-electron chi connectivity index (χ4n) is 2.79. The Labute approximate surface area is 158 Å². The summed E-state index contributed by atoms with van der Waals surface area (Å²) in [7, 11) is 0. The first-order chi connectivity index (χ1) is 9.91. The van der Waals surface area contributed by atoms with Gasteiger partial charge in [0.1, 0.15) is 0 Å². The Morgan fingerprint density at radius 3 is 1.27 bits per heavy atom. The Morgan fingerprint density at radius 2 is 1.09 bits per heavy atom. The molecule has 4 heteroatoms. The van der Waals surface area contributed by atoms with Gasteiger partial charge in [0, 0.05) is 0 Å². The molecule has 2 rings (SSSR count).